The van der Waals surface area contributed by atoms with E-state index in [1.165, 1.54) is 43.1 Å². The average molecular weight is 593 g/mol. The number of ether oxygens (including phenoxy) is 1. The number of rotatable bonds is 10. The number of pyridine rings is 1. The molecule has 2 aromatic rings. The summed E-state index contributed by atoms with van der Waals surface area (Å²) >= 11 is 6.34. The van der Waals surface area contributed by atoms with E-state index < -0.39 is 29.1 Å². The number of anilines is 2. The lowest BCUT2D eigenvalue weighted by molar-refractivity contribution is -0.137. The van der Waals surface area contributed by atoms with E-state index in [1.54, 1.807) is 0 Å². The zero-order valence-electron chi connectivity index (χ0n) is 22.2. The van der Waals surface area contributed by atoms with Gasteiger partial charge in [-0.15, -0.1) is 0 Å². The topological polar surface area (TPSA) is 128 Å². The predicted octanol–water partition coefficient (Wildman–Crippen LogP) is 4.84. The Balaban J connectivity index is 1.39. The number of nitrogens with one attached hydrogen (secondary N) is 5. The average Bonchev–Trinajstić information content (AvgIpc) is 3.43. The molecule has 13 heteroatoms. The summed E-state index contributed by atoms with van der Waals surface area (Å²) in [6, 6.07) is 6.71. The molecule has 1 aliphatic heterocycles. The Kier molecular flexibility index (Phi) is 9.87. The molecule has 1 saturated carbocycles. The van der Waals surface area contributed by atoms with Gasteiger partial charge >= 0.3 is 6.18 Å². The number of benzene rings is 1. The maximum Gasteiger partial charge on any atom is 0.418 e. The summed E-state index contributed by atoms with van der Waals surface area (Å²) in [5, 5.41) is 19.2. The molecule has 0 radical (unpaired) electrons. The smallest absolute Gasteiger partial charge is 0.387 e. The normalized spacial score (nSPS) is 19.9. The van der Waals surface area contributed by atoms with Gasteiger partial charge in [0.15, 0.2) is 0 Å². The summed E-state index contributed by atoms with van der Waals surface area (Å²) in [6.45, 7) is 0.121. The second-order valence-electron chi connectivity index (χ2n) is 10.1. The number of halogens is 4. The molecule has 1 aromatic heterocycles. The second kappa shape index (κ2) is 13.3. The molecule has 0 unspecified atom stereocenters. The number of nitrogens with zero attached hydrogens (tertiary/aromatic N) is 1. The van der Waals surface area contributed by atoms with Crippen LogP contribution in [0.4, 0.5) is 24.5 Å². The van der Waals surface area contributed by atoms with Crippen LogP contribution in [0, 0.1) is 5.41 Å². The van der Waals surface area contributed by atoms with Crippen molar-refractivity contribution >= 4 is 41.0 Å². The number of aromatic nitrogens is 1. The van der Waals surface area contributed by atoms with Gasteiger partial charge in [0, 0.05) is 31.5 Å². The van der Waals surface area contributed by atoms with Crippen LogP contribution in [0.1, 0.15) is 49.8 Å². The van der Waals surface area contributed by atoms with E-state index in [1.807, 2.05) is 0 Å². The highest BCUT2D eigenvalue weighted by atomic mass is 35.5. The first-order valence-corrected chi connectivity index (χ1v) is 13.7. The Morgan fingerprint density at radius 3 is 2.61 bits per heavy atom. The molecular weight excluding hydrogens is 561 g/mol. The maximum absolute atomic E-state index is 13.3. The van der Waals surface area contributed by atoms with Crippen LogP contribution in [-0.4, -0.2) is 47.8 Å². The van der Waals surface area contributed by atoms with Gasteiger partial charge < -0.3 is 31.4 Å². The molecule has 2 aliphatic rings. The molecule has 2 fully saturated rings. The Labute approximate surface area is 240 Å². The molecule has 9 nitrogen and oxygen atoms in total. The number of hydrogen-bond acceptors (Lipinski definition) is 7. The summed E-state index contributed by atoms with van der Waals surface area (Å²) < 4.78 is 45.4. The van der Waals surface area contributed by atoms with Gasteiger partial charge in [-0.05, 0) is 31.0 Å². The lowest BCUT2D eigenvalue weighted by Gasteiger charge is -2.28. The quantitative estimate of drug-likeness (QED) is 0.198. The van der Waals surface area contributed by atoms with E-state index in [2.05, 4.69) is 26.3 Å². The van der Waals surface area contributed by atoms with E-state index in [-0.39, 0.29) is 59.9 Å². The molecule has 4 rings (SSSR count). The molecule has 2 heterocycles. The van der Waals surface area contributed by atoms with Gasteiger partial charge in [0.2, 0.25) is 5.91 Å². The van der Waals surface area contributed by atoms with Gasteiger partial charge in [-0.2, -0.15) is 13.2 Å². The Morgan fingerprint density at radius 2 is 1.95 bits per heavy atom. The van der Waals surface area contributed by atoms with Crippen molar-refractivity contribution in [2.45, 2.75) is 62.8 Å². The largest absolute Gasteiger partial charge is 0.418 e. The maximum atomic E-state index is 13.3. The van der Waals surface area contributed by atoms with E-state index >= 15 is 0 Å². The lowest BCUT2D eigenvalue weighted by Crippen LogP contribution is -2.59. The van der Waals surface area contributed by atoms with E-state index in [4.69, 9.17) is 21.7 Å². The van der Waals surface area contributed by atoms with Gasteiger partial charge in [-0.3, -0.25) is 14.6 Å². The van der Waals surface area contributed by atoms with Crippen molar-refractivity contribution in [3.8, 4) is 0 Å². The molecule has 41 heavy (non-hydrogen) atoms. The number of amides is 2. The third-order valence-corrected chi connectivity index (χ3v) is 7.48. The summed E-state index contributed by atoms with van der Waals surface area (Å²) in [5.74, 6) is -1.08. The van der Waals surface area contributed by atoms with Gasteiger partial charge in [0.1, 0.15) is 5.54 Å². The van der Waals surface area contributed by atoms with Gasteiger partial charge in [-0.1, -0.05) is 43.0 Å². The summed E-state index contributed by atoms with van der Waals surface area (Å²) in [5.41, 5.74) is -1.71. The van der Waals surface area contributed by atoms with Crippen molar-refractivity contribution in [2.24, 2.45) is 0 Å². The van der Waals surface area contributed by atoms with Crippen LogP contribution in [0.5, 0.6) is 0 Å². The zero-order valence-corrected chi connectivity index (χ0v) is 23.0. The van der Waals surface area contributed by atoms with Gasteiger partial charge in [0.05, 0.1) is 52.6 Å². The van der Waals surface area contributed by atoms with E-state index in [9.17, 15) is 22.8 Å². The first-order chi connectivity index (χ1) is 19.6. The highest BCUT2D eigenvalue weighted by Gasteiger charge is 2.44. The minimum Gasteiger partial charge on any atom is -0.387 e. The molecule has 5 N–H and O–H groups in total. The molecule has 0 bridgehead atoms. The molecule has 1 atom stereocenters. The van der Waals surface area contributed by atoms with Crippen LogP contribution in [0.3, 0.4) is 0 Å². The van der Waals surface area contributed by atoms with Gasteiger partial charge in [-0.25, -0.2) is 0 Å². The van der Waals surface area contributed by atoms with Crippen molar-refractivity contribution < 1.29 is 27.5 Å². The first kappa shape index (κ1) is 30.3. The van der Waals surface area contributed by atoms with Crippen molar-refractivity contribution in [3.05, 3.63) is 64.6 Å². The third kappa shape index (κ3) is 7.76. The van der Waals surface area contributed by atoms with Crippen LogP contribution in [-0.2, 0) is 27.0 Å². The fraction of sp³-hybridized carbons (Fsp3) is 0.429. The fourth-order valence-electron chi connectivity index (χ4n) is 4.83. The lowest BCUT2D eigenvalue weighted by atomic mass is 9.95. The molecular formula is C28H32ClF3N6O3. The summed E-state index contributed by atoms with van der Waals surface area (Å²) in [4.78, 5) is 30.5. The molecule has 1 aromatic carbocycles. The molecule has 220 valence electrons. The van der Waals surface area contributed by atoms with Crippen LogP contribution in [0.2, 0.25) is 5.02 Å². The van der Waals surface area contributed by atoms with Crippen molar-refractivity contribution in [3.63, 3.8) is 0 Å². The number of carbonyl (C=O) groups is 2. The molecule has 1 aliphatic carbocycles. The van der Waals surface area contributed by atoms with Crippen molar-refractivity contribution in [1.29, 1.82) is 5.41 Å². The Hall–Kier alpha value is -3.64. The fourth-order valence-corrected chi connectivity index (χ4v) is 5.06. The first-order valence-electron chi connectivity index (χ1n) is 13.3. The minimum absolute atomic E-state index is 0.0471. The monoisotopic (exact) mass is 592 g/mol. The second-order valence-corrected chi connectivity index (χ2v) is 10.5. The van der Waals surface area contributed by atoms with Crippen molar-refractivity contribution in [2.75, 3.05) is 18.5 Å². The SMILES string of the molecule is N=C/C(=C\NC1CCCCC1)C(=O)N[C@@]1(C(=O)NCc2ncc(Nc3ccccc3C(F)(F)F)cc2Cl)CCOC1. The van der Waals surface area contributed by atoms with Crippen LogP contribution < -0.4 is 21.3 Å². The Bertz CT molecular complexity index is 1290. The third-order valence-electron chi connectivity index (χ3n) is 7.15. The standard InChI is InChI=1S/C28H32ClF3N6O3/c29-22-12-20(37-23-9-5-4-8-21(23)28(30,31)32)15-35-24(22)16-36-26(40)27(10-11-41-17-27)38-25(39)18(13-33)14-34-19-6-2-1-3-7-19/h4-5,8-9,12-15,19,33-34,37H,1-3,6-7,10-11,16-17H2,(H,36,40)(H,38,39)/b18-14+,33-13?/t27-/m0/s1. The number of para-hydroxylation sites is 1. The zero-order chi connectivity index (χ0) is 29.5. The van der Waals surface area contributed by atoms with Crippen LogP contribution in [0.15, 0.2) is 48.3 Å². The predicted molar refractivity (Wildman–Crippen MR) is 149 cm³/mol. The van der Waals surface area contributed by atoms with E-state index in [0.29, 0.717) is 0 Å². The number of hydrogen-bond donors (Lipinski definition) is 5. The van der Waals surface area contributed by atoms with Crippen molar-refractivity contribution in [1.82, 2.24) is 20.9 Å². The Morgan fingerprint density at radius 1 is 1.20 bits per heavy atom. The van der Waals surface area contributed by atoms with E-state index in [0.717, 1.165) is 38.0 Å². The molecule has 2 amide bonds. The minimum atomic E-state index is -4.54. The highest BCUT2D eigenvalue weighted by molar-refractivity contribution is 6.31. The van der Waals surface area contributed by atoms with Crippen LogP contribution >= 0.6 is 11.6 Å². The summed E-state index contributed by atoms with van der Waals surface area (Å²) in [7, 11) is 0. The summed E-state index contributed by atoms with van der Waals surface area (Å²) in [6.07, 6.45) is 4.88. The molecule has 0 spiro atoms. The highest BCUT2D eigenvalue weighted by Crippen LogP contribution is 2.36. The number of alkyl halides is 3. The van der Waals surface area contributed by atoms with Crippen LogP contribution in [0.25, 0.3) is 0 Å². The molecule has 1 saturated heterocycles. The number of carbonyl (C=O) groups excluding carboxylic acids is 2. The van der Waals surface area contributed by atoms with Gasteiger partial charge in [0.25, 0.3) is 5.91 Å².